The molecule has 24 heavy (non-hydrogen) atoms. The summed E-state index contributed by atoms with van der Waals surface area (Å²) in [4.78, 5) is 14.5. The van der Waals surface area contributed by atoms with Crippen molar-refractivity contribution in [2.24, 2.45) is 0 Å². The molecule has 0 radical (unpaired) electrons. The van der Waals surface area contributed by atoms with Crippen LogP contribution in [0.4, 0.5) is 10.5 Å². The van der Waals surface area contributed by atoms with Gasteiger partial charge in [0, 0.05) is 10.5 Å². The predicted octanol–water partition coefficient (Wildman–Crippen LogP) is 5.97. The molecule has 0 saturated carbocycles. The summed E-state index contributed by atoms with van der Waals surface area (Å²) in [5, 5.41) is 0.668. The Bertz CT molecular complexity index is 736. The van der Waals surface area contributed by atoms with E-state index >= 15 is 0 Å². The number of ether oxygens (including phenoxy) is 1. The fourth-order valence-electron chi connectivity index (χ4n) is 3.07. The minimum absolute atomic E-state index is 0.147. The lowest BCUT2D eigenvalue weighted by molar-refractivity contribution is 0.143. The first kappa shape index (κ1) is 17.3. The van der Waals surface area contributed by atoms with Crippen molar-refractivity contribution >= 4 is 39.3 Å². The number of fused-ring (bicyclic) bond motifs is 1. The van der Waals surface area contributed by atoms with E-state index < -0.39 is 0 Å². The monoisotopic (exact) mass is 407 g/mol. The first-order valence-corrected chi connectivity index (χ1v) is 9.25. The average molecular weight is 409 g/mol. The maximum absolute atomic E-state index is 12.8. The van der Waals surface area contributed by atoms with Gasteiger partial charge in [-0.2, -0.15) is 0 Å². The zero-order valence-corrected chi connectivity index (χ0v) is 15.8. The fourth-order valence-corrected chi connectivity index (χ4v) is 3.59. The van der Waals surface area contributed by atoms with Gasteiger partial charge in [-0.3, -0.25) is 4.90 Å². The maximum Gasteiger partial charge on any atom is 0.414 e. The fraction of sp³-hybridized carbons (Fsp3) is 0.316. The largest absolute Gasteiger partial charge is 0.444 e. The highest BCUT2D eigenvalue weighted by Gasteiger charge is 2.31. The smallest absolute Gasteiger partial charge is 0.414 e. The van der Waals surface area contributed by atoms with Crippen molar-refractivity contribution < 1.29 is 9.53 Å². The molecule has 1 unspecified atom stereocenters. The Labute approximate surface area is 155 Å². The van der Waals surface area contributed by atoms with Crippen LogP contribution in [0.3, 0.4) is 0 Å². The van der Waals surface area contributed by atoms with Crippen LogP contribution < -0.4 is 4.90 Å². The van der Waals surface area contributed by atoms with Gasteiger partial charge in [-0.15, -0.1) is 0 Å². The average Bonchev–Trinajstić information content (AvgIpc) is 2.60. The Morgan fingerprint density at radius 3 is 2.79 bits per heavy atom. The third kappa shape index (κ3) is 3.60. The van der Waals surface area contributed by atoms with E-state index in [1.54, 1.807) is 4.90 Å². The van der Waals surface area contributed by atoms with Crippen molar-refractivity contribution in [1.29, 1.82) is 0 Å². The highest BCUT2D eigenvalue weighted by atomic mass is 79.9. The summed E-state index contributed by atoms with van der Waals surface area (Å²) in [6, 6.07) is 13.7. The third-order valence-corrected chi connectivity index (χ3v) is 5.56. The number of rotatable bonds is 3. The lowest BCUT2D eigenvalue weighted by Crippen LogP contribution is -2.43. The van der Waals surface area contributed by atoms with Crippen molar-refractivity contribution in [2.75, 3.05) is 4.90 Å². The molecule has 5 heteroatoms. The molecule has 126 valence electrons. The molecule has 0 aromatic heterocycles. The van der Waals surface area contributed by atoms with Gasteiger partial charge < -0.3 is 4.74 Å². The topological polar surface area (TPSA) is 29.5 Å². The molecule has 1 heterocycles. The molecule has 1 amide bonds. The summed E-state index contributed by atoms with van der Waals surface area (Å²) in [6.45, 7) is 2.37. The highest BCUT2D eigenvalue weighted by Crippen LogP contribution is 2.38. The van der Waals surface area contributed by atoms with Crippen LogP contribution in [0.5, 0.6) is 0 Å². The summed E-state index contributed by atoms with van der Waals surface area (Å²) >= 11 is 9.66. The Hall–Kier alpha value is -1.52. The van der Waals surface area contributed by atoms with E-state index in [0.717, 1.165) is 40.5 Å². The molecule has 1 atom stereocenters. The van der Waals surface area contributed by atoms with E-state index in [9.17, 15) is 4.79 Å². The van der Waals surface area contributed by atoms with Crippen molar-refractivity contribution in [3.8, 4) is 0 Å². The second kappa shape index (κ2) is 7.58. The van der Waals surface area contributed by atoms with Crippen molar-refractivity contribution in [1.82, 2.24) is 0 Å². The molecule has 1 aliphatic rings. The molecule has 0 spiro atoms. The zero-order valence-electron chi connectivity index (χ0n) is 13.5. The van der Waals surface area contributed by atoms with Crippen LogP contribution in [-0.4, -0.2) is 12.1 Å². The van der Waals surface area contributed by atoms with Crippen LogP contribution in [0.1, 0.15) is 30.9 Å². The van der Waals surface area contributed by atoms with Gasteiger partial charge in [-0.05, 0) is 58.5 Å². The number of carbonyl (C=O) groups is 1. The molecule has 3 rings (SSSR count). The van der Waals surface area contributed by atoms with Gasteiger partial charge in [0.15, 0.2) is 0 Å². The van der Waals surface area contributed by atoms with Gasteiger partial charge in [0.05, 0.1) is 10.7 Å². The molecule has 2 aromatic rings. The van der Waals surface area contributed by atoms with Crippen LogP contribution in [0.15, 0.2) is 46.9 Å². The third-order valence-electron chi connectivity index (χ3n) is 4.37. The van der Waals surface area contributed by atoms with E-state index in [1.807, 2.05) is 42.5 Å². The van der Waals surface area contributed by atoms with Gasteiger partial charge in [0.1, 0.15) is 6.61 Å². The SMILES string of the molecule is CCC1CCc2cc(Cl)c(Br)cc2N1C(=O)OCc1ccccc1. The summed E-state index contributed by atoms with van der Waals surface area (Å²) in [7, 11) is 0. The van der Waals surface area contributed by atoms with Gasteiger partial charge in [-0.1, -0.05) is 48.9 Å². The van der Waals surface area contributed by atoms with Crippen LogP contribution in [0, 0.1) is 0 Å². The minimum Gasteiger partial charge on any atom is -0.444 e. The first-order chi connectivity index (χ1) is 11.6. The lowest BCUT2D eigenvalue weighted by Gasteiger charge is -2.36. The molecule has 0 N–H and O–H groups in total. The lowest BCUT2D eigenvalue weighted by atomic mass is 9.95. The van der Waals surface area contributed by atoms with Gasteiger partial charge >= 0.3 is 6.09 Å². The summed E-state index contributed by atoms with van der Waals surface area (Å²) in [5.74, 6) is 0. The maximum atomic E-state index is 12.8. The van der Waals surface area contributed by atoms with E-state index in [4.69, 9.17) is 16.3 Å². The quantitative estimate of drug-likeness (QED) is 0.626. The first-order valence-electron chi connectivity index (χ1n) is 8.08. The molecule has 0 aliphatic carbocycles. The van der Waals surface area contributed by atoms with E-state index in [-0.39, 0.29) is 18.7 Å². The number of amides is 1. The Kier molecular flexibility index (Phi) is 5.47. The molecular formula is C19H19BrClNO2. The number of anilines is 1. The molecular weight excluding hydrogens is 390 g/mol. The zero-order chi connectivity index (χ0) is 17.1. The Morgan fingerprint density at radius 1 is 1.33 bits per heavy atom. The second-order valence-corrected chi connectivity index (χ2v) is 7.17. The van der Waals surface area contributed by atoms with E-state index in [0.29, 0.717) is 5.02 Å². The number of benzene rings is 2. The van der Waals surface area contributed by atoms with Crippen molar-refractivity contribution in [2.45, 2.75) is 38.8 Å². The minimum atomic E-state index is -0.305. The van der Waals surface area contributed by atoms with Gasteiger partial charge in [0.25, 0.3) is 0 Å². The predicted molar refractivity (Wildman–Crippen MR) is 101 cm³/mol. The van der Waals surface area contributed by atoms with E-state index in [1.165, 1.54) is 0 Å². The number of hydrogen-bond acceptors (Lipinski definition) is 2. The normalized spacial score (nSPS) is 16.6. The number of hydrogen-bond donors (Lipinski definition) is 0. The van der Waals surface area contributed by atoms with Crippen LogP contribution in [0.2, 0.25) is 5.02 Å². The number of aryl methyl sites for hydroxylation is 1. The van der Waals surface area contributed by atoms with Gasteiger partial charge in [0.2, 0.25) is 0 Å². The molecule has 3 nitrogen and oxygen atoms in total. The number of nitrogens with zero attached hydrogens (tertiary/aromatic N) is 1. The summed E-state index contributed by atoms with van der Waals surface area (Å²) in [5.41, 5.74) is 2.96. The molecule has 0 saturated heterocycles. The summed E-state index contributed by atoms with van der Waals surface area (Å²) in [6.07, 6.45) is 2.42. The Balaban J connectivity index is 1.84. The van der Waals surface area contributed by atoms with Gasteiger partial charge in [-0.25, -0.2) is 4.79 Å². The second-order valence-electron chi connectivity index (χ2n) is 5.91. The highest BCUT2D eigenvalue weighted by molar-refractivity contribution is 9.10. The molecule has 1 aliphatic heterocycles. The van der Waals surface area contributed by atoms with E-state index in [2.05, 4.69) is 22.9 Å². The number of halogens is 2. The van der Waals surface area contributed by atoms with Crippen LogP contribution in [0.25, 0.3) is 0 Å². The molecule has 0 bridgehead atoms. The van der Waals surface area contributed by atoms with Crippen molar-refractivity contribution in [3.63, 3.8) is 0 Å². The van der Waals surface area contributed by atoms with Crippen molar-refractivity contribution in [3.05, 3.63) is 63.1 Å². The van der Waals surface area contributed by atoms with Crippen LogP contribution in [-0.2, 0) is 17.8 Å². The standard InChI is InChI=1S/C19H19BrClNO2/c1-2-15-9-8-14-10-17(21)16(20)11-18(14)22(15)19(23)24-12-13-6-4-3-5-7-13/h3-7,10-11,15H,2,8-9,12H2,1H3. The van der Waals surface area contributed by atoms with Crippen LogP contribution >= 0.6 is 27.5 Å². The molecule has 0 fully saturated rings. The molecule has 2 aromatic carbocycles. The summed E-state index contributed by atoms with van der Waals surface area (Å²) < 4.78 is 6.36. The Morgan fingerprint density at radius 2 is 2.08 bits per heavy atom. The number of carbonyl (C=O) groups excluding carboxylic acids is 1.